The minimum absolute atomic E-state index is 0.112. The zero-order valence-electron chi connectivity index (χ0n) is 18.0. The maximum atomic E-state index is 12.2. The number of benzene rings is 2. The highest BCUT2D eigenvalue weighted by Gasteiger charge is 2.21. The molecule has 1 N–H and O–H groups in total. The van der Waals surface area contributed by atoms with E-state index < -0.39 is 0 Å². The molecule has 162 valence electrons. The summed E-state index contributed by atoms with van der Waals surface area (Å²) >= 11 is 0. The van der Waals surface area contributed by atoms with Crippen LogP contribution in [0.3, 0.4) is 0 Å². The second kappa shape index (κ2) is 12.4. The van der Waals surface area contributed by atoms with Gasteiger partial charge in [-0.1, -0.05) is 81.0 Å². The van der Waals surface area contributed by atoms with Gasteiger partial charge in [0.25, 0.3) is 0 Å². The van der Waals surface area contributed by atoms with Gasteiger partial charge in [0.15, 0.2) is 0 Å². The standard InChI is InChI=1S/C16H22N2O.C6H5F.C4H8/c19-16(17-11-13-5-1-2-6-13)18-10-9-14-7-3-4-8-15(14)12-18;7-6-4-2-1-3-5-6;1-2-4-3-1/h3-4,7-8,13H,1-2,5-6,9-12H2,(H,17,19);1-5H;1-4H2. The van der Waals surface area contributed by atoms with Gasteiger partial charge in [0.2, 0.25) is 0 Å². The Morgan fingerprint density at radius 1 is 0.867 bits per heavy atom. The van der Waals surface area contributed by atoms with Gasteiger partial charge in [-0.05, 0) is 48.4 Å². The van der Waals surface area contributed by atoms with Gasteiger partial charge in [0.1, 0.15) is 5.82 Å². The second-order valence-corrected chi connectivity index (χ2v) is 8.49. The predicted octanol–water partition coefficient (Wildman–Crippen LogP) is 6.33. The van der Waals surface area contributed by atoms with Crippen molar-refractivity contribution in [1.82, 2.24) is 10.2 Å². The fraction of sp³-hybridized carbons (Fsp3) is 0.500. The van der Waals surface area contributed by atoms with E-state index in [1.54, 1.807) is 18.2 Å². The third-order valence-electron chi connectivity index (χ3n) is 6.17. The van der Waals surface area contributed by atoms with Crippen LogP contribution in [0.2, 0.25) is 0 Å². The van der Waals surface area contributed by atoms with Gasteiger partial charge in [-0.2, -0.15) is 0 Å². The largest absolute Gasteiger partial charge is 0.338 e. The van der Waals surface area contributed by atoms with Crippen LogP contribution in [0, 0.1) is 11.7 Å². The Balaban J connectivity index is 0.000000189. The lowest BCUT2D eigenvalue weighted by Gasteiger charge is -2.29. The number of urea groups is 1. The van der Waals surface area contributed by atoms with Crippen LogP contribution < -0.4 is 5.32 Å². The number of nitrogens with zero attached hydrogens (tertiary/aromatic N) is 1. The minimum Gasteiger partial charge on any atom is -0.338 e. The molecule has 2 fully saturated rings. The lowest BCUT2D eigenvalue weighted by atomic mass is 10.0. The number of carbonyl (C=O) groups is 1. The first-order valence-corrected chi connectivity index (χ1v) is 11.5. The topological polar surface area (TPSA) is 32.3 Å². The number of hydrogen-bond donors (Lipinski definition) is 1. The molecule has 0 saturated heterocycles. The highest BCUT2D eigenvalue weighted by Crippen LogP contribution is 2.24. The number of nitrogens with one attached hydrogen (secondary N) is 1. The smallest absolute Gasteiger partial charge is 0.317 e. The number of carbonyl (C=O) groups excluding carboxylic acids is 1. The van der Waals surface area contributed by atoms with Crippen molar-refractivity contribution in [2.45, 2.75) is 64.3 Å². The van der Waals surface area contributed by atoms with Crippen molar-refractivity contribution in [2.75, 3.05) is 13.1 Å². The van der Waals surface area contributed by atoms with Gasteiger partial charge in [-0.25, -0.2) is 9.18 Å². The summed E-state index contributed by atoms with van der Waals surface area (Å²) in [6.45, 7) is 2.46. The summed E-state index contributed by atoms with van der Waals surface area (Å²) in [6.07, 6.45) is 12.2. The molecule has 1 heterocycles. The molecule has 30 heavy (non-hydrogen) atoms. The monoisotopic (exact) mass is 410 g/mol. The summed E-state index contributed by atoms with van der Waals surface area (Å²) in [4.78, 5) is 14.1. The molecule has 3 aliphatic rings. The SMILES string of the molecule is C1CCC1.Fc1ccccc1.O=C(NCC1CCCC1)N1CCc2ccccc2C1. The van der Waals surface area contributed by atoms with Crippen LogP contribution in [0.4, 0.5) is 9.18 Å². The summed E-state index contributed by atoms with van der Waals surface area (Å²) in [5.74, 6) is 0.531. The normalized spacial score (nSPS) is 17.4. The average Bonchev–Trinajstić information content (AvgIpc) is 3.25. The highest BCUT2D eigenvalue weighted by atomic mass is 19.1. The molecule has 2 amide bonds. The van der Waals surface area contributed by atoms with Crippen molar-refractivity contribution in [3.05, 3.63) is 71.5 Å². The molecule has 0 atom stereocenters. The summed E-state index contributed by atoms with van der Waals surface area (Å²) in [5, 5.41) is 3.11. The molecule has 0 radical (unpaired) electrons. The number of hydrogen-bond acceptors (Lipinski definition) is 1. The number of amides is 2. The van der Waals surface area contributed by atoms with Crippen molar-refractivity contribution in [3.8, 4) is 0 Å². The molecule has 2 aliphatic carbocycles. The Bertz CT molecular complexity index is 751. The molecule has 0 unspecified atom stereocenters. The van der Waals surface area contributed by atoms with Gasteiger partial charge in [0, 0.05) is 19.6 Å². The number of fused-ring (bicyclic) bond motifs is 1. The first-order chi connectivity index (χ1) is 14.7. The van der Waals surface area contributed by atoms with Gasteiger partial charge in [0.05, 0.1) is 0 Å². The van der Waals surface area contributed by atoms with E-state index in [1.807, 2.05) is 4.90 Å². The Morgan fingerprint density at radius 2 is 1.47 bits per heavy atom. The fourth-order valence-corrected chi connectivity index (χ4v) is 3.89. The summed E-state index contributed by atoms with van der Waals surface area (Å²) in [5.41, 5.74) is 2.69. The molecule has 0 spiro atoms. The van der Waals surface area contributed by atoms with Crippen LogP contribution in [-0.4, -0.2) is 24.0 Å². The van der Waals surface area contributed by atoms with Crippen LogP contribution >= 0.6 is 0 Å². The van der Waals surface area contributed by atoms with E-state index in [4.69, 9.17) is 0 Å². The zero-order chi connectivity index (χ0) is 21.0. The maximum Gasteiger partial charge on any atom is 0.317 e. The second-order valence-electron chi connectivity index (χ2n) is 8.49. The van der Waals surface area contributed by atoms with Crippen LogP contribution in [-0.2, 0) is 13.0 Å². The van der Waals surface area contributed by atoms with E-state index in [1.165, 1.54) is 74.6 Å². The highest BCUT2D eigenvalue weighted by molar-refractivity contribution is 5.74. The molecule has 5 rings (SSSR count). The molecular formula is C26H35FN2O. The van der Waals surface area contributed by atoms with Crippen molar-refractivity contribution in [3.63, 3.8) is 0 Å². The Kier molecular flexibility index (Phi) is 9.20. The first-order valence-electron chi connectivity index (χ1n) is 11.5. The fourth-order valence-electron chi connectivity index (χ4n) is 3.89. The predicted molar refractivity (Wildman–Crippen MR) is 121 cm³/mol. The molecule has 3 nitrogen and oxygen atoms in total. The van der Waals surface area contributed by atoms with Crippen LogP contribution in [0.15, 0.2) is 54.6 Å². The average molecular weight is 411 g/mol. The van der Waals surface area contributed by atoms with Crippen LogP contribution in [0.5, 0.6) is 0 Å². The van der Waals surface area contributed by atoms with Crippen molar-refractivity contribution >= 4 is 6.03 Å². The molecule has 0 bridgehead atoms. The van der Waals surface area contributed by atoms with Crippen molar-refractivity contribution < 1.29 is 9.18 Å². The maximum absolute atomic E-state index is 12.2. The molecule has 2 aromatic carbocycles. The Labute approximate surface area is 180 Å². The van der Waals surface area contributed by atoms with Crippen molar-refractivity contribution in [1.29, 1.82) is 0 Å². The molecule has 2 saturated carbocycles. The Hall–Kier alpha value is -2.36. The van der Waals surface area contributed by atoms with Gasteiger partial charge < -0.3 is 10.2 Å². The van der Waals surface area contributed by atoms with E-state index in [0.717, 1.165) is 26.1 Å². The quantitative estimate of drug-likeness (QED) is 0.616. The molecule has 4 heteroatoms. The lowest BCUT2D eigenvalue weighted by Crippen LogP contribution is -2.44. The summed E-state index contributed by atoms with van der Waals surface area (Å²) in [6, 6.07) is 16.5. The molecule has 2 aromatic rings. The van der Waals surface area contributed by atoms with Crippen LogP contribution in [0.1, 0.15) is 62.5 Å². The molecular weight excluding hydrogens is 375 g/mol. The van der Waals surface area contributed by atoms with E-state index in [-0.39, 0.29) is 11.8 Å². The summed E-state index contributed by atoms with van der Waals surface area (Å²) < 4.78 is 11.9. The Morgan fingerprint density at radius 3 is 2.03 bits per heavy atom. The van der Waals surface area contributed by atoms with E-state index in [0.29, 0.717) is 5.92 Å². The molecule has 1 aliphatic heterocycles. The van der Waals surface area contributed by atoms with Gasteiger partial charge >= 0.3 is 6.03 Å². The minimum atomic E-state index is -0.178. The van der Waals surface area contributed by atoms with E-state index in [2.05, 4.69) is 29.6 Å². The van der Waals surface area contributed by atoms with E-state index >= 15 is 0 Å². The third kappa shape index (κ3) is 7.47. The van der Waals surface area contributed by atoms with Crippen LogP contribution in [0.25, 0.3) is 0 Å². The molecule has 0 aromatic heterocycles. The lowest BCUT2D eigenvalue weighted by molar-refractivity contribution is 0.190. The van der Waals surface area contributed by atoms with E-state index in [9.17, 15) is 9.18 Å². The third-order valence-corrected chi connectivity index (χ3v) is 6.17. The van der Waals surface area contributed by atoms with Gasteiger partial charge in [-0.15, -0.1) is 0 Å². The summed E-state index contributed by atoms with van der Waals surface area (Å²) in [7, 11) is 0. The number of rotatable bonds is 2. The van der Waals surface area contributed by atoms with Gasteiger partial charge in [-0.3, -0.25) is 0 Å². The zero-order valence-corrected chi connectivity index (χ0v) is 18.0. The number of halogens is 1. The van der Waals surface area contributed by atoms with Crippen molar-refractivity contribution in [2.24, 2.45) is 5.92 Å². The first kappa shape index (κ1) is 22.3.